The SMILES string of the molecule is CCC=C1CC2CC(C1)C2CC. The van der Waals surface area contributed by atoms with E-state index < -0.39 is 0 Å². The lowest BCUT2D eigenvalue weighted by atomic mass is 9.55. The largest absolute Gasteiger partial charge is 0.0856 e. The van der Waals surface area contributed by atoms with Gasteiger partial charge in [0.2, 0.25) is 0 Å². The van der Waals surface area contributed by atoms with Gasteiger partial charge in [-0.05, 0) is 43.4 Å². The van der Waals surface area contributed by atoms with Crippen molar-refractivity contribution >= 4 is 0 Å². The van der Waals surface area contributed by atoms with Gasteiger partial charge in [0.05, 0.1) is 0 Å². The Labute approximate surface area is 76.1 Å². The first-order valence-corrected chi connectivity index (χ1v) is 5.53. The Morgan fingerprint density at radius 1 is 1.25 bits per heavy atom. The zero-order chi connectivity index (χ0) is 8.55. The molecule has 68 valence electrons. The van der Waals surface area contributed by atoms with Crippen LogP contribution in [0.5, 0.6) is 0 Å². The summed E-state index contributed by atoms with van der Waals surface area (Å²) in [5, 5.41) is 0. The molecule has 0 spiro atoms. The lowest BCUT2D eigenvalue weighted by Crippen LogP contribution is -2.40. The van der Waals surface area contributed by atoms with Gasteiger partial charge in [-0.2, -0.15) is 0 Å². The van der Waals surface area contributed by atoms with E-state index in [1.807, 2.05) is 0 Å². The quantitative estimate of drug-likeness (QED) is 0.545. The van der Waals surface area contributed by atoms with E-state index in [2.05, 4.69) is 19.9 Å². The van der Waals surface area contributed by atoms with Crippen LogP contribution < -0.4 is 0 Å². The van der Waals surface area contributed by atoms with Gasteiger partial charge < -0.3 is 0 Å². The molecule has 3 saturated carbocycles. The summed E-state index contributed by atoms with van der Waals surface area (Å²) in [7, 11) is 0. The van der Waals surface area contributed by atoms with Crippen LogP contribution in [0.1, 0.15) is 46.0 Å². The van der Waals surface area contributed by atoms with Crippen molar-refractivity contribution in [3.05, 3.63) is 11.6 Å². The van der Waals surface area contributed by atoms with E-state index in [1.165, 1.54) is 25.7 Å². The van der Waals surface area contributed by atoms with E-state index in [9.17, 15) is 0 Å². The molecular formula is C12H20. The van der Waals surface area contributed by atoms with E-state index in [-0.39, 0.29) is 0 Å². The molecule has 0 aromatic carbocycles. The van der Waals surface area contributed by atoms with Gasteiger partial charge in [0, 0.05) is 0 Å². The molecule has 0 heterocycles. The van der Waals surface area contributed by atoms with Gasteiger partial charge in [0.25, 0.3) is 0 Å². The van der Waals surface area contributed by atoms with Gasteiger partial charge in [0.15, 0.2) is 0 Å². The molecule has 3 fully saturated rings. The molecular weight excluding hydrogens is 144 g/mol. The molecule has 0 saturated heterocycles. The van der Waals surface area contributed by atoms with Gasteiger partial charge in [-0.3, -0.25) is 0 Å². The molecule has 0 nitrogen and oxygen atoms in total. The van der Waals surface area contributed by atoms with Crippen molar-refractivity contribution < 1.29 is 0 Å². The summed E-state index contributed by atoms with van der Waals surface area (Å²) < 4.78 is 0. The van der Waals surface area contributed by atoms with E-state index in [1.54, 1.807) is 12.0 Å². The first kappa shape index (κ1) is 8.34. The van der Waals surface area contributed by atoms with Crippen LogP contribution in [0.4, 0.5) is 0 Å². The van der Waals surface area contributed by atoms with Crippen molar-refractivity contribution in [3.63, 3.8) is 0 Å². The Hall–Kier alpha value is -0.260. The number of hydrogen-bond donors (Lipinski definition) is 0. The van der Waals surface area contributed by atoms with Crippen LogP contribution in [0.3, 0.4) is 0 Å². The van der Waals surface area contributed by atoms with Crippen LogP contribution in [-0.2, 0) is 0 Å². The molecule has 0 amide bonds. The summed E-state index contributed by atoms with van der Waals surface area (Å²) in [5.74, 6) is 3.25. The molecule has 3 aliphatic rings. The average molecular weight is 164 g/mol. The topological polar surface area (TPSA) is 0 Å². The van der Waals surface area contributed by atoms with E-state index in [4.69, 9.17) is 0 Å². The Morgan fingerprint density at radius 2 is 1.92 bits per heavy atom. The fourth-order valence-corrected chi connectivity index (χ4v) is 3.28. The van der Waals surface area contributed by atoms with E-state index in [0.717, 1.165) is 17.8 Å². The molecule has 0 radical (unpaired) electrons. The molecule has 0 aromatic heterocycles. The standard InChI is InChI=1S/C12H20/c1-3-5-9-6-10-8-11(7-9)12(10)4-2/h5,10-12H,3-4,6-8H2,1-2H3. The number of allylic oxidation sites excluding steroid dienone is 2. The molecule has 3 aliphatic carbocycles. The van der Waals surface area contributed by atoms with Gasteiger partial charge >= 0.3 is 0 Å². The minimum Gasteiger partial charge on any atom is -0.0856 e. The molecule has 0 N–H and O–H groups in total. The van der Waals surface area contributed by atoms with Crippen molar-refractivity contribution in [2.45, 2.75) is 46.0 Å². The lowest BCUT2D eigenvalue weighted by molar-refractivity contribution is 0.0389. The lowest BCUT2D eigenvalue weighted by Gasteiger charge is -2.50. The molecule has 12 heavy (non-hydrogen) atoms. The number of hydrogen-bond acceptors (Lipinski definition) is 0. The van der Waals surface area contributed by atoms with Gasteiger partial charge in [-0.25, -0.2) is 0 Å². The fraction of sp³-hybridized carbons (Fsp3) is 0.833. The van der Waals surface area contributed by atoms with Gasteiger partial charge in [0.1, 0.15) is 0 Å². The maximum atomic E-state index is 2.46. The molecule has 0 heteroatoms. The highest BCUT2D eigenvalue weighted by molar-refractivity contribution is 5.14. The Bertz CT molecular complexity index is 176. The van der Waals surface area contributed by atoms with Crippen LogP contribution >= 0.6 is 0 Å². The van der Waals surface area contributed by atoms with Crippen LogP contribution in [0.15, 0.2) is 11.6 Å². The van der Waals surface area contributed by atoms with Crippen molar-refractivity contribution in [3.8, 4) is 0 Å². The summed E-state index contributed by atoms with van der Waals surface area (Å²) in [4.78, 5) is 0. The summed E-state index contributed by atoms with van der Waals surface area (Å²) in [6, 6.07) is 0. The second kappa shape index (κ2) is 3.24. The number of fused-ring (bicyclic) bond motifs is 2. The van der Waals surface area contributed by atoms with Crippen molar-refractivity contribution in [1.82, 2.24) is 0 Å². The molecule has 3 rings (SSSR count). The molecule has 2 unspecified atom stereocenters. The summed E-state index contributed by atoms with van der Waals surface area (Å²) >= 11 is 0. The zero-order valence-corrected chi connectivity index (χ0v) is 8.34. The first-order chi connectivity index (χ1) is 5.85. The molecule has 2 bridgehead atoms. The third-order valence-electron chi connectivity index (χ3n) is 3.83. The van der Waals surface area contributed by atoms with Crippen LogP contribution in [0, 0.1) is 17.8 Å². The highest BCUT2D eigenvalue weighted by Gasteiger charge is 2.43. The first-order valence-electron chi connectivity index (χ1n) is 5.53. The highest BCUT2D eigenvalue weighted by atomic mass is 14.5. The zero-order valence-electron chi connectivity index (χ0n) is 8.34. The normalized spacial score (nSPS) is 39.2. The Morgan fingerprint density at radius 3 is 2.42 bits per heavy atom. The maximum Gasteiger partial charge on any atom is -0.0289 e. The summed E-state index contributed by atoms with van der Waals surface area (Å²) in [6.45, 7) is 4.61. The number of rotatable bonds is 2. The van der Waals surface area contributed by atoms with Crippen molar-refractivity contribution in [2.75, 3.05) is 0 Å². The van der Waals surface area contributed by atoms with Gasteiger partial charge in [-0.1, -0.05) is 31.9 Å². The minimum absolute atomic E-state index is 1.08. The van der Waals surface area contributed by atoms with Crippen molar-refractivity contribution in [2.24, 2.45) is 17.8 Å². The Kier molecular flexibility index (Phi) is 2.25. The average Bonchev–Trinajstić information content (AvgIpc) is 2.05. The van der Waals surface area contributed by atoms with Crippen molar-refractivity contribution in [1.29, 1.82) is 0 Å². The second-order valence-corrected chi connectivity index (χ2v) is 4.51. The third kappa shape index (κ3) is 1.22. The summed E-state index contributed by atoms with van der Waals surface area (Å²) in [5.41, 5.74) is 1.77. The van der Waals surface area contributed by atoms with Crippen LogP contribution in [0.2, 0.25) is 0 Å². The molecule has 2 atom stereocenters. The summed E-state index contributed by atoms with van der Waals surface area (Å²) in [6.07, 6.45) is 9.54. The van der Waals surface area contributed by atoms with Gasteiger partial charge in [-0.15, -0.1) is 0 Å². The van der Waals surface area contributed by atoms with E-state index >= 15 is 0 Å². The molecule has 0 aliphatic heterocycles. The second-order valence-electron chi connectivity index (χ2n) is 4.51. The van der Waals surface area contributed by atoms with Crippen LogP contribution in [0.25, 0.3) is 0 Å². The minimum atomic E-state index is 1.08. The predicted octanol–water partition coefficient (Wildman–Crippen LogP) is 3.78. The Balaban J connectivity index is 1.96. The third-order valence-corrected chi connectivity index (χ3v) is 3.83. The van der Waals surface area contributed by atoms with E-state index in [0.29, 0.717) is 0 Å². The smallest absolute Gasteiger partial charge is 0.0289 e. The fourth-order valence-electron chi connectivity index (χ4n) is 3.28. The highest BCUT2D eigenvalue weighted by Crippen LogP contribution is 2.53. The monoisotopic (exact) mass is 164 g/mol. The van der Waals surface area contributed by atoms with Crippen LogP contribution in [-0.4, -0.2) is 0 Å². The predicted molar refractivity (Wildman–Crippen MR) is 53.0 cm³/mol. The molecule has 0 aromatic rings. The maximum absolute atomic E-state index is 2.46.